The molecule has 6 nitrogen and oxygen atoms in total. The molecule has 1 aromatic heterocycles. The first-order chi connectivity index (χ1) is 16.1. The number of hydrogen-bond acceptors (Lipinski definition) is 5. The second kappa shape index (κ2) is 7.78. The van der Waals surface area contributed by atoms with Crippen LogP contribution in [0.3, 0.4) is 0 Å². The lowest BCUT2D eigenvalue weighted by Crippen LogP contribution is -2.32. The van der Waals surface area contributed by atoms with E-state index in [1.54, 1.807) is 6.33 Å². The van der Waals surface area contributed by atoms with Gasteiger partial charge in [-0.05, 0) is 47.5 Å². The molecule has 0 radical (unpaired) electrons. The molecule has 0 bridgehead atoms. The Labute approximate surface area is 200 Å². The largest absolute Gasteiger partial charge is 0.480 e. The molecule has 3 aromatic carbocycles. The highest BCUT2D eigenvalue weighted by Crippen LogP contribution is 2.50. The van der Waals surface area contributed by atoms with Crippen LogP contribution < -0.4 is 15.0 Å². The predicted octanol–water partition coefficient (Wildman–Crippen LogP) is 5.67. The fourth-order valence-electron chi connectivity index (χ4n) is 4.61. The average molecular weight is 500 g/mol. The Morgan fingerprint density at radius 1 is 0.939 bits per heavy atom. The quantitative estimate of drug-likeness (QED) is 0.393. The summed E-state index contributed by atoms with van der Waals surface area (Å²) in [5.74, 6) is 1.58. The molecule has 0 aliphatic carbocycles. The fraction of sp³-hybridized carbons (Fsp3) is 0.154. The van der Waals surface area contributed by atoms with Gasteiger partial charge in [0.2, 0.25) is 5.95 Å². The molecule has 2 aliphatic heterocycles. The number of nitrogens with zero attached hydrogens (tertiary/aromatic N) is 4. The molecule has 164 valence electrons. The molecule has 3 heterocycles. The highest BCUT2D eigenvalue weighted by molar-refractivity contribution is 9.10. The summed E-state index contributed by atoms with van der Waals surface area (Å²) in [4.78, 5) is 6.60. The van der Waals surface area contributed by atoms with E-state index < -0.39 is 0 Å². The lowest BCUT2D eigenvalue weighted by molar-refractivity contribution is 0.223. The maximum Gasteiger partial charge on any atom is 0.226 e. The number of aromatic nitrogens is 3. The van der Waals surface area contributed by atoms with Gasteiger partial charge >= 0.3 is 0 Å². The number of rotatable bonds is 3. The molecular formula is C26H22BrN5O. The number of nitrogens with one attached hydrogen (secondary N) is 1. The van der Waals surface area contributed by atoms with E-state index in [9.17, 15) is 0 Å². The van der Waals surface area contributed by atoms with Crippen molar-refractivity contribution in [3.63, 3.8) is 0 Å². The van der Waals surface area contributed by atoms with Gasteiger partial charge in [-0.2, -0.15) is 10.1 Å². The van der Waals surface area contributed by atoms with Gasteiger partial charge in [0, 0.05) is 35.4 Å². The number of hydrogen-bond donors (Lipinski definition) is 1. The van der Waals surface area contributed by atoms with Crippen LogP contribution in [0.15, 0.2) is 89.2 Å². The van der Waals surface area contributed by atoms with Gasteiger partial charge in [-0.1, -0.05) is 52.3 Å². The van der Waals surface area contributed by atoms with E-state index in [1.807, 2.05) is 37.0 Å². The van der Waals surface area contributed by atoms with Crippen LogP contribution in [-0.2, 0) is 0 Å². The van der Waals surface area contributed by atoms with E-state index in [4.69, 9.17) is 4.74 Å². The summed E-state index contributed by atoms with van der Waals surface area (Å²) in [6.45, 7) is 0. The summed E-state index contributed by atoms with van der Waals surface area (Å²) >= 11 is 3.56. The smallest absolute Gasteiger partial charge is 0.226 e. The molecule has 0 amide bonds. The van der Waals surface area contributed by atoms with Gasteiger partial charge in [-0.15, -0.1) is 0 Å². The Bertz CT molecular complexity index is 1360. The van der Waals surface area contributed by atoms with E-state index >= 15 is 0 Å². The predicted molar refractivity (Wildman–Crippen MR) is 133 cm³/mol. The number of para-hydroxylation sites is 1. The van der Waals surface area contributed by atoms with Crippen molar-refractivity contribution in [3.8, 4) is 5.75 Å². The standard InChI is InChI=1S/C26H22BrN5O/c1-31(2)19-13-9-16(10-14-19)24-22-23(30-26-28-15-29-32(24)26)20-5-3-4-6-21(20)33-25(22)17-7-11-18(27)12-8-17/h3-15,24-25H,1-2H3,(H,28,29,30)/t24-,25-/m0/s1. The summed E-state index contributed by atoms with van der Waals surface area (Å²) in [6.07, 6.45) is 1.33. The van der Waals surface area contributed by atoms with Crippen LogP contribution in [0.4, 0.5) is 11.6 Å². The van der Waals surface area contributed by atoms with Crippen LogP contribution in [0.25, 0.3) is 5.70 Å². The Morgan fingerprint density at radius 3 is 2.42 bits per heavy atom. The summed E-state index contributed by atoms with van der Waals surface area (Å²) in [6, 6.07) is 24.9. The third-order valence-corrected chi connectivity index (χ3v) is 6.75. The molecule has 0 fully saturated rings. The molecule has 4 aromatic rings. The second-order valence-electron chi connectivity index (χ2n) is 8.42. The second-order valence-corrected chi connectivity index (χ2v) is 9.33. The zero-order chi connectivity index (χ0) is 22.5. The van der Waals surface area contributed by atoms with Crippen molar-refractivity contribution in [1.29, 1.82) is 0 Å². The zero-order valence-corrected chi connectivity index (χ0v) is 19.8. The molecule has 1 N–H and O–H groups in total. The van der Waals surface area contributed by atoms with Gasteiger partial charge in [-0.3, -0.25) is 0 Å². The number of ether oxygens (including phenoxy) is 1. The van der Waals surface area contributed by atoms with Crippen molar-refractivity contribution in [1.82, 2.24) is 14.8 Å². The normalized spacial score (nSPS) is 18.5. The number of benzene rings is 3. The van der Waals surface area contributed by atoms with Crippen LogP contribution >= 0.6 is 15.9 Å². The molecule has 33 heavy (non-hydrogen) atoms. The van der Waals surface area contributed by atoms with Gasteiger partial charge in [0.1, 0.15) is 24.2 Å². The molecule has 0 saturated carbocycles. The van der Waals surface area contributed by atoms with E-state index in [0.29, 0.717) is 0 Å². The minimum Gasteiger partial charge on any atom is -0.480 e. The van der Waals surface area contributed by atoms with Gasteiger partial charge in [0.05, 0.1) is 5.70 Å². The van der Waals surface area contributed by atoms with E-state index in [2.05, 4.69) is 90.8 Å². The lowest BCUT2D eigenvalue weighted by atomic mass is 9.84. The number of fused-ring (bicyclic) bond motifs is 3. The lowest BCUT2D eigenvalue weighted by Gasteiger charge is -2.39. The monoisotopic (exact) mass is 499 g/mol. The van der Waals surface area contributed by atoms with Crippen molar-refractivity contribution in [2.75, 3.05) is 24.3 Å². The van der Waals surface area contributed by atoms with Crippen molar-refractivity contribution in [2.45, 2.75) is 12.1 Å². The van der Waals surface area contributed by atoms with E-state index in [-0.39, 0.29) is 12.1 Å². The van der Waals surface area contributed by atoms with E-state index in [0.717, 1.165) is 49.8 Å². The van der Waals surface area contributed by atoms with Crippen molar-refractivity contribution in [2.24, 2.45) is 0 Å². The van der Waals surface area contributed by atoms with Crippen LogP contribution in [-0.4, -0.2) is 28.9 Å². The maximum atomic E-state index is 6.65. The molecular weight excluding hydrogens is 478 g/mol. The van der Waals surface area contributed by atoms with Gasteiger partial charge in [0.15, 0.2) is 0 Å². The Balaban J connectivity index is 1.59. The number of anilines is 2. The van der Waals surface area contributed by atoms with Crippen molar-refractivity contribution >= 4 is 33.3 Å². The molecule has 0 spiro atoms. The highest BCUT2D eigenvalue weighted by atomic mass is 79.9. The van der Waals surface area contributed by atoms with Crippen LogP contribution in [0, 0.1) is 0 Å². The summed E-state index contributed by atoms with van der Waals surface area (Å²) in [5, 5.41) is 8.14. The SMILES string of the molecule is CN(C)c1ccc([C@H]2C3=C(Nc4ncnn42)c2ccccc2O[C@H]3c2ccc(Br)cc2)cc1. The Hall–Kier alpha value is -3.58. The molecule has 2 aliphatic rings. The molecule has 0 saturated heterocycles. The Kier molecular flexibility index (Phi) is 4.73. The van der Waals surface area contributed by atoms with E-state index in [1.165, 1.54) is 0 Å². The molecule has 0 unspecified atom stereocenters. The van der Waals surface area contributed by atoms with Crippen LogP contribution in [0.5, 0.6) is 5.75 Å². The topological polar surface area (TPSA) is 55.2 Å². The average Bonchev–Trinajstić information content (AvgIpc) is 3.31. The first-order valence-electron chi connectivity index (χ1n) is 10.8. The minimum absolute atomic E-state index is 0.156. The van der Waals surface area contributed by atoms with Gasteiger partial charge in [-0.25, -0.2) is 4.68 Å². The first kappa shape index (κ1) is 20.1. The fourth-order valence-corrected chi connectivity index (χ4v) is 4.87. The van der Waals surface area contributed by atoms with Crippen LogP contribution in [0.2, 0.25) is 0 Å². The zero-order valence-electron chi connectivity index (χ0n) is 18.2. The summed E-state index contributed by atoms with van der Waals surface area (Å²) < 4.78 is 9.64. The summed E-state index contributed by atoms with van der Waals surface area (Å²) in [7, 11) is 4.09. The Morgan fingerprint density at radius 2 is 1.67 bits per heavy atom. The number of halogens is 1. The van der Waals surface area contributed by atoms with Crippen molar-refractivity contribution in [3.05, 3.63) is 106 Å². The third kappa shape index (κ3) is 3.31. The molecule has 7 heteroatoms. The minimum atomic E-state index is -0.272. The van der Waals surface area contributed by atoms with Crippen molar-refractivity contribution < 1.29 is 4.74 Å². The summed E-state index contributed by atoms with van der Waals surface area (Å²) in [5.41, 5.74) is 6.55. The van der Waals surface area contributed by atoms with Gasteiger partial charge < -0.3 is 15.0 Å². The molecule has 6 rings (SSSR count). The third-order valence-electron chi connectivity index (χ3n) is 6.22. The van der Waals surface area contributed by atoms with Crippen LogP contribution in [0.1, 0.15) is 28.8 Å². The maximum absolute atomic E-state index is 6.65. The first-order valence-corrected chi connectivity index (χ1v) is 11.6. The molecule has 2 atom stereocenters. The highest BCUT2D eigenvalue weighted by Gasteiger charge is 2.40. The van der Waals surface area contributed by atoms with Gasteiger partial charge in [0.25, 0.3) is 0 Å².